The van der Waals surface area contributed by atoms with Gasteiger partial charge in [-0.2, -0.15) is 0 Å². The maximum atomic E-state index is 12.0. The van der Waals surface area contributed by atoms with Crippen molar-refractivity contribution in [3.8, 4) is 0 Å². The van der Waals surface area contributed by atoms with Crippen LogP contribution in [0.3, 0.4) is 0 Å². The predicted molar refractivity (Wildman–Crippen MR) is 117 cm³/mol. The Morgan fingerprint density at radius 2 is 2.08 bits per heavy atom. The SMILES string of the molecule is CN=C(NCCNC(=O)c1scnc1C)NCC1(CCOC)CCC1.I. The van der Waals surface area contributed by atoms with E-state index in [1.807, 2.05) is 6.92 Å². The number of hydrogen-bond donors (Lipinski definition) is 3. The summed E-state index contributed by atoms with van der Waals surface area (Å²) in [7, 11) is 3.51. The summed E-state index contributed by atoms with van der Waals surface area (Å²) in [6, 6.07) is 0. The number of methoxy groups -OCH3 is 1. The minimum atomic E-state index is -0.0715. The highest BCUT2D eigenvalue weighted by molar-refractivity contribution is 14.0. The molecule has 1 aliphatic rings. The fourth-order valence-corrected chi connectivity index (χ4v) is 3.68. The van der Waals surface area contributed by atoms with E-state index in [-0.39, 0.29) is 29.9 Å². The molecule has 0 atom stereocenters. The molecule has 1 fully saturated rings. The Kier molecular flexibility index (Phi) is 10.4. The maximum absolute atomic E-state index is 12.0. The third kappa shape index (κ3) is 6.66. The number of amides is 1. The zero-order chi connectivity index (χ0) is 18.1. The van der Waals surface area contributed by atoms with Crippen LogP contribution in [0.4, 0.5) is 0 Å². The van der Waals surface area contributed by atoms with Crippen molar-refractivity contribution in [2.24, 2.45) is 10.4 Å². The van der Waals surface area contributed by atoms with Gasteiger partial charge in [-0.1, -0.05) is 6.42 Å². The van der Waals surface area contributed by atoms with Gasteiger partial charge in [-0.05, 0) is 31.6 Å². The lowest BCUT2D eigenvalue weighted by Crippen LogP contribution is -2.48. The van der Waals surface area contributed by atoms with Gasteiger partial charge in [0.1, 0.15) is 4.88 Å². The van der Waals surface area contributed by atoms with E-state index < -0.39 is 0 Å². The fourth-order valence-electron chi connectivity index (χ4n) is 2.96. The average molecular weight is 495 g/mol. The second-order valence-electron chi connectivity index (χ2n) is 6.47. The minimum Gasteiger partial charge on any atom is -0.385 e. The van der Waals surface area contributed by atoms with E-state index in [4.69, 9.17) is 4.74 Å². The minimum absolute atomic E-state index is 0. The summed E-state index contributed by atoms with van der Waals surface area (Å²) in [6.45, 7) is 4.70. The number of guanidine groups is 1. The van der Waals surface area contributed by atoms with Crippen molar-refractivity contribution in [1.82, 2.24) is 20.9 Å². The Morgan fingerprint density at radius 3 is 2.62 bits per heavy atom. The van der Waals surface area contributed by atoms with Crippen LogP contribution in [-0.4, -0.2) is 57.2 Å². The topological polar surface area (TPSA) is 87.6 Å². The van der Waals surface area contributed by atoms with E-state index in [1.165, 1.54) is 30.6 Å². The maximum Gasteiger partial charge on any atom is 0.263 e. The van der Waals surface area contributed by atoms with Crippen LogP contribution in [0.15, 0.2) is 10.5 Å². The number of ether oxygens (including phenoxy) is 1. The number of aryl methyl sites for hydroxylation is 1. The first-order chi connectivity index (χ1) is 12.1. The third-order valence-electron chi connectivity index (χ3n) is 4.76. The highest BCUT2D eigenvalue weighted by atomic mass is 127. The molecule has 2 rings (SSSR count). The normalized spacial score (nSPS) is 15.6. The number of hydrogen-bond acceptors (Lipinski definition) is 5. The number of nitrogens with one attached hydrogen (secondary N) is 3. The van der Waals surface area contributed by atoms with Crippen LogP contribution in [0.25, 0.3) is 0 Å². The van der Waals surface area contributed by atoms with Crippen LogP contribution in [0.2, 0.25) is 0 Å². The van der Waals surface area contributed by atoms with Crippen LogP contribution in [0.5, 0.6) is 0 Å². The summed E-state index contributed by atoms with van der Waals surface area (Å²) in [4.78, 5) is 21.0. The standard InChI is InChI=1S/C17H29N5O2S.HI/c1-13-14(25-12-22-13)15(23)19-8-9-20-16(18-2)21-11-17(5-4-6-17)7-10-24-3;/h12H,4-11H2,1-3H3,(H,19,23)(H2,18,20,21);1H. The summed E-state index contributed by atoms with van der Waals surface area (Å²) in [5, 5.41) is 9.55. The van der Waals surface area contributed by atoms with Gasteiger partial charge in [-0.3, -0.25) is 9.79 Å². The van der Waals surface area contributed by atoms with Gasteiger partial charge in [-0.25, -0.2) is 4.98 Å². The lowest BCUT2D eigenvalue weighted by molar-refractivity contribution is 0.0732. The van der Waals surface area contributed by atoms with Gasteiger partial charge in [0.2, 0.25) is 0 Å². The van der Waals surface area contributed by atoms with Crippen LogP contribution in [0, 0.1) is 12.3 Å². The Labute approximate surface area is 176 Å². The predicted octanol–water partition coefficient (Wildman–Crippen LogP) is 2.17. The number of carbonyl (C=O) groups is 1. The van der Waals surface area contributed by atoms with Gasteiger partial charge in [0.25, 0.3) is 5.91 Å². The van der Waals surface area contributed by atoms with E-state index in [0.29, 0.717) is 23.4 Å². The Hall–Kier alpha value is -0.940. The molecule has 0 bridgehead atoms. The molecular weight excluding hydrogens is 465 g/mol. The molecule has 9 heteroatoms. The highest BCUT2D eigenvalue weighted by Gasteiger charge is 2.36. The summed E-state index contributed by atoms with van der Waals surface area (Å²) < 4.78 is 5.23. The number of aromatic nitrogens is 1. The van der Waals surface area contributed by atoms with E-state index in [2.05, 4.69) is 25.9 Å². The van der Waals surface area contributed by atoms with E-state index in [9.17, 15) is 4.79 Å². The molecule has 0 radical (unpaired) electrons. The van der Waals surface area contributed by atoms with Gasteiger partial charge in [-0.15, -0.1) is 35.3 Å². The van der Waals surface area contributed by atoms with Gasteiger partial charge in [0, 0.05) is 40.4 Å². The number of nitrogens with zero attached hydrogens (tertiary/aromatic N) is 2. The largest absolute Gasteiger partial charge is 0.385 e. The van der Waals surface area contributed by atoms with E-state index in [0.717, 1.165) is 31.2 Å². The Balaban J connectivity index is 0.00000338. The van der Waals surface area contributed by atoms with Crippen molar-refractivity contribution in [2.45, 2.75) is 32.6 Å². The molecule has 7 nitrogen and oxygen atoms in total. The van der Waals surface area contributed by atoms with Crippen molar-refractivity contribution in [2.75, 3.05) is 40.4 Å². The second-order valence-corrected chi connectivity index (χ2v) is 7.33. The molecule has 1 aliphatic carbocycles. The number of rotatable bonds is 9. The van der Waals surface area contributed by atoms with Crippen molar-refractivity contribution >= 4 is 47.2 Å². The Bertz CT molecular complexity index is 589. The molecule has 0 unspecified atom stereocenters. The first kappa shape index (κ1) is 23.1. The van der Waals surface area contributed by atoms with Gasteiger partial charge in [0.15, 0.2) is 5.96 Å². The third-order valence-corrected chi connectivity index (χ3v) is 5.69. The monoisotopic (exact) mass is 495 g/mol. The number of halogens is 1. The summed E-state index contributed by atoms with van der Waals surface area (Å²) in [6.07, 6.45) is 4.85. The highest BCUT2D eigenvalue weighted by Crippen LogP contribution is 2.43. The molecule has 3 N–H and O–H groups in total. The Morgan fingerprint density at radius 1 is 1.35 bits per heavy atom. The molecular formula is C17H30IN5O2S. The van der Waals surface area contributed by atoms with Crippen molar-refractivity contribution in [3.63, 3.8) is 0 Å². The van der Waals surface area contributed by atoms with Gasteiger partial charge >= 0.3 is 0 Å². The zero-order valence-corrected chi connectivity index (χ0v) is 18.9. The van der Waals surface area contributed by atoms with Crippen LogP contribution < -0.4 is 16.0 Å². The second kappa shape index (κ2) is 11.7. The quantitative estimate of drug-likeness (QED) is 0.212. The summed E-state index contributed by atoms with van der Waals surface area (Å²) in [5.74, 6) is 0.699. The lowest BCUT2D eigenvalue weighted by Gasteiger charge is -2.42. The molecule has 0 aromatic carbocycles. The smallest absolute Gasteiger partial charge is 0.263 e. The molecule has 0 saturated heterocycles. The lowest BCUT2D eigenvalue weighted by atomic mass is 9.67. The van der Waals surface area contributed by atoms with Crippen molar-refractivity contribution < 1.29 is 9.53 Å². The van der Waals surface area contributed by atoms with Crippen LogP contribution >= 0.6 is 35.3 Å². The summed E-state index contributed by atoms with van der Waals surface area (Å²) >= 11 is 1.36. The van der Waals surface area contributed by atoms with Crippen molar-refractivity contribution in [1.29, 1.82) is 0 Å². The molecule has 1 heterocycles. The van der Waals surface area contributed by atoms with Crippen molar-refractivity contribution in [3.05, 3.63) is 16.1 Å². The molecule has 26 heavy (non-hydrogen) atoms. The molecule has 0 aliphatic heterocycles. The van der Waals surface area contributed by atoms with Crippen LogP contribution in [0.1, 0.15) is 41.0 Å². The molecule has 1 amide bonds. The van der Waals surface area contributed by atoms with E-state index in [1.54, 1.807) is 19.7 Å². The summed E-state index contributed by atoms with van der Waals surface area (Å²) in [5.41, 5.74) is 2.80. The van der Waals surface area contributed by atoms with E-state index >= 15 is 0 Å². The first-order valence-electron chi connectivity index (χ1n) is 8.72. The average Bonchev–Trinajstić information content (AvgIpc) is 3.01. The molecule has 148 valence electrons. The van der Waals surface area contributed by atoms with Crippen LogP contribution in [-0.2, 0) is 4.74 Å². The zero-order valence-electron chi connectivity index (χ0n) is 15.8. The number of aliphatic imine (C=N–C) groups is 1. The first-order valence-corrected chi connectivity index (χ1v) is 9.60. The molecule has 1 aromatic rings. The number of thiazole rings is 1. The van der Waals surface area contributed by atoms with Gasteiger partial charge in [0.05, 0.1) is 11.2 Å². The van der Waals surface area contributed by atoms with Gasteiger partial charge < -0.3 is 20.7 Å². The molecule has 1 aromatic heterocycles. The number of carbonyl (C=O) groups excluding carboxylic acids is 1. The molecule has 1 saturated carbocycles. The fraction of sp³-hybridized carbons (Fsp3) is 0.706. The molecule has 0 spiro atoms.